The summed E-state index contributed by atoms with van der Waals surface area (Å²) in [5.74, 6) is 1.71. The van der Waals surface area contributed by atoms with Gasteiger partial charge in [-0.15, -0.1) is 0 Å². The number of carbonyl (C=O) groups excluding carboxylic acids is 1. The van der Waals surface area contributed by atoms with E-state index in [0.717, 1.165) is 68.3 Å². The second-order valence-corrected chi connectivity index (χ2v) is 9.20. The number of hydrogen-bond acceptors (Lipinski definition) is 4. The lowest BCUT2D eigenvalue weighted by Crippen LogP contribution is -2.41. The lowest BCUT2D eigenvalue weighted by Gasteiger charge is -2.34. The van der Waals surface area contributed by atoms with E-state index in [9.17, 15) is 4.79 Å². The fraction of sp³-hybridized carbons (Fsp3) is 0.407. The van der Waals surface area contributed by atoms with Crippen molar-refractivity contribution in [2.24, 2.45) is 5.92 Å². The number of ether oxygens (including phenoxy) is 1. The Labute approximate surface area is 195 Å². The summed E-state index contributed by atoms with van der Waals surface area (Å²) in [6.07, 6.45) is 6.27. The largest absolute Gasteiger partial charge is 0.497 e. The summed E-state index contributed by atoms with van der Waals surface area (Å²) in [6.45, 7) is 4.79. The van der Waals surface area contributed by atoms with Crippen LogP contribution >= 0.6 is 0 Å². The van der Waals surface area contributed by atoms with Crippen molar-refractivity contribution in [3.63, 3.8) is 0 Å². The minimum atomic E-state index is 0.330. The van der Waals surface area contributed by atoms with Crippen molar-refractivity contribution >= 4 is 5.91 Å². The van der Waals surface area contributed by atoms with Gasteiger partial charge in [0.1, 0.15) is 5.75 Å². The number of likely N-dealkylation sites (tertiary alicyclic amines) is 2. The second kappa shape index (κ2) is 9.79. The lowest BCUT2D eigenvalue weighted by molar-refractivity contribution is -0.128. The Morgan fingerprint density at radius 2 is 1.94 bits per heavy atom. The highest BCUT2D eigenvalue weighted by atomic mass is 16.5. The Morgan fingerprint density at radius 1 is 1.06 bits per heavy atom. The van der Waals surface area contributed by atoms with Crippen molar-refractivity contribution in [1.82, 2.24) is 19.6 Å². The fourth-order valence-electron chi connectivity index (χ4n) is 5.15. The first-order valence-electron chi connectivity index (χ1n) is 12.0. The Kier molecular flexibility index (Phi) is 6.44. The van der Waals surface area contributed by atoms with Crippen molar-refractivity contribution in [2.75, 3.05) is 33.3 Å². The molecular formula is C27H32N4O2. The molecule has 2 aromatic carbocycles. The molecule has 1 amide bonds. The van der Waals surface area contributed by atoms with Gasteiger partial charge in [-0.25, -0.2) is 4.68 Å². The first-order valence-corrected chi connectivity index (χ1v) is 12.0. The molecule has 2 fully saturated rings. The molecule has 2 aliphatic rings. The second-order valence-electron chi connectivity index (χ2n) is 9.20. The highest BCUT2D eigenvalue weighted by molar-refractivity contribution is 5.78. The van der Waals surface area contributed by atoms with E-state index in [1.807, 2.05) is 35.0 Å². The van der Waals surface area contributed by atoms with Gasteiger partial charge >= 0.3 is 0 Å². The van der Waals surface area contributed by atoms with Crippen LogP contribution in [0.3, 0.4) is 0 Å². The monoisotopic (exact) mass is 444 g/mol. The molecule has 5 rings (SSSR count). The van der Waals surface area contributed by atoms with Gasteiger partial charge in [0.05, 0.1) is 18.5 Å². The summed E-state index contributed by atoms with van der Waals surface area (Å²) >= 11 is 0. The standard InChI is InChI=1S/C27H32N4O2/c1-33-25-12-5-9-22(16-25)27-23(20-31(28-27)24-10-3-2-4-11-24)19-29-14-6-8-21(17-29)18-30-15-7-13-26(30)32/h2-5,9-12,16,20-21H,6-8,13-15,17-19H2,1H3/t21-/m0/s1. The zero-order valence-corrected chi connectivity index (χ0v) is 19.3. The molecule has 0 bridgehead atoms. The van der Waals surface area contributed by atoms with E-state index in [-0.39, 0.29) is 0 Å². The predicted octanol–water partition coefficient (Wildman–Crippen LogP) is 4.38. The number of nitrogens with zero attached hydrogens (tertiary/aromatic N) is 4. The first-order chi connectivity index (χ1) is 16.2. The zero-order chi connectivity index (χ0) is 22.6. The third-order valence-corrected chi connectivity index (χ3v) is 6.80. The maximum atomic E-state index is 12.1. The van der Waals surface area contributed by atoms with Crippen molar-refractivity contribution in [3.05, 3.63) is 66.4 Å². The van der Waals surface area contributed by atoms with Crippen LogP contribution in [0.5, 0.6) is 5.75 Å². The summed E-state index contributed by atoms with van der Waals surface area (Å²) in [5, 5.41) is 4.99. The first kappa shape index (κ1) is 21.7. The molecule has 1 aromatic heterocycles. The molecule has 0 N–H and O–H groups in total. The normalized spacial score (nSPS) is 19.2. The van der Waals surface area contributed by atoms with Crippen LogP contribution in [-0.4, -0.2) is 58.8 Å². The minimum absolute atomic E-state index is 0.330. The van der Waals surface area contributed by atoms with E-state index >= 15 is 0 Å². The third kappa shape index (κ3) is 4.96. The van der Waals surface area contributed by atoms with Crippen LogP contribution in [0.15, 0.2) is 60.8 Å². The smallest absolute Gasteiger partial charge is 0.222 e. The molecule has 2 saturated heterocycles. The van der Waals surface area contributed by atoms with Crippen LogP contribution in [-0.2, 0) is 11.3 Å². The van der Waals surface area contributed by atoms with Crippen LogP contribution in [0.25, 0.3) is 16.9 Å². The maximum absolute atomic E-state index is 12.1. The SMILES string of the molecule is COc1cccc(-c2nn(-c3ccccc3)cc2CN2CCC[C@H](CN3CCCC3=O)C2)c1. The topological polar surface area (TPSA) is 50.6 Å². The molecule has 0 unspecified atom stereocenters. The number of piperidine rings is 1. The average Bonchev–Trinajstić information content (AvgIpc) is 3.46. The maximum Gasteiger partial charge on any atom is 0.222 e. The fourth-order valence-corrected chi connectivity index (χ4v) is 5.15. The molecule has 0 aliphatic carbocycles. The van der Waals surface area contributed by atoms with Crippen molar-refractivity contribution in [1.29, 1.82) is 0 Å². The number of aromatic nitrogens is 2. The number of amides is 1. The molecule has 2 aliphatic heterocycles. The summed E-state index contributed by atoms with van der Waals surface area (Å²) in [7, 11) is 1.70. The molecule has 6 heteroatoms. The predicted molar refractivity (Wildman–Crippen MR) is 129 cm³/mol. The Hall–Kier alpha value is -3.12. The highest BCUT2D eigenvalue weighted by Crippen LogP contribution is 2.29. The van der Waals surface area contributed by atoms with Gasteiger partial charge in [-0.05, 0) is 56.0 Å². The van der Waals surface area contributed by atoms with E-state index in [2.05, 4.69) is 40.3 Å². The number of hydrogen-bond donors (Lipinski definition) is 0. The van der Waals surface area contributed by atoms with Crippen LogP contribution in [0.1, 0.15) is 31.2 Å². The van der Waals surface area contributed by atoms with Crippen molar-refractivity contribution < 1.29 is 9.53 Å². The van der Waals surface area contributed by atoms with E-state index < -0.39 is 0 Å². The van der Waals surface area contributed by atoms with Crippen LogP contribution < -0.4 is 4.74 Å². The van der Waals surface area contributed by atoms with E-state index in [1.165, 1.54) is 18.4 Å². The van der Waals surface area contributed by atoms with Gasteiger partial charge in [0.25, 0.3) is 0 Å². The molecule has 0 radical (unpaired) electrons. The van der Waals surface area contributed by atoms with Crippen LogP contribution in [0, 0.1) is 5.92 Å². The minimum Gasteiger partial charge on any atom is -0.497 e. The zero-order valence-electron chi connectivity index (χ0n) is 19.3. The molecule has 0 saturated carbocycles. The summed E-state index contributed by atoms with van der Waals surface area (Å²) in [5.41, 5.74) is 4.33. The van der Waals surface area contributed by atoms with Gasteiger partial charge in [-0.1, -0.05) is 30.3 Å². The summed E-state index contributed by atoms with van der Waals surface area (Å²) in [6, 6.07) is 18.4. The molecule has 33 heavy (non-hydrogen) atoms. The lowest BCUT2D eigenvalue weighted by atomic mass is 9.96. The Bertz CT molecular complexity index is 1090. The summed E-state index contributed by atoms with van der Waals surface area (Å²) < 4.78 is 7.45. The third-order valence-electron chi connectivity index (χ3n) is 6.80. The van der Waals surface area contributed by atoms with Crippen molar-refractivity contribution in [3.8, 4) is 22.7 Å². The number of rotatable bonds is 7. The van der Waals surface area contributed by atoms with E-state index in [4.69, 9.17) is 9.84 Å². The Morgan fingerprint density at radius 3 is 2.73 bits per heavy atom. The van der Waals surface area contributed by atoms with Crippen molar-refractivity contribution in [2.45, 2.75) is 32.2 Å². The van der Waals surface area contributed by atoms with Gasteiger partial charge < -0.3 is 9.64 Å². The molecular weight excluding hydrogens is 412 g/mol. The van der Waals surface area contributed by atoms with Gasteiger partial charge in [0, 0.05) is 49.9 Å². The molecule has 0 spiro atoms. The number of carbonyl (C=O) groups is 1. The quantitative estimate of drug-likeness (QED) is 0.543. The van der Waals surface area contributed by atoms with Gasteiger partial charge in [0.15, 0.2) is 0 Å². The molecule has 3 aromatic rings. The summed E-state index contributed by atoms with van der Waals surface area (Å²) in [4.78, 5) is 16.7. The molecule has 172 valence electrons. The highest BCUT2D eigenvalue weighted by Gasteiger charge is 2.27. The van der Waals surface area contributed by atoms with Gasteiger partial charge in [-0.3, -0.25) is 9.69 Å². The number of para-hydroxylation sites is 1. The van der Waals surface area contributed by atoms with Crippen LogP contribution in [0.4, 0.5) is 0 Å². The van der Waals surface area contributed by atoms with Gasteiger partial charge in [-0.2, -0.15) is 5.10 Å². The molecule has 6 nitrogen and oxygen atoms in total. The average molecular weight is 445 g/mol. The molecule has 3 heterocycles. The van der Waals surface area contributed by atoms with Crippen LogP contribution in [0.2, 0.25) is 0 Å². The number of methoxy groups -OCH3 is 1. The Balaban J connectivity index is 1.39. The van der Waals surface area contributed by atoms with E-state index in [1.54, 1.807) is 7.11 Å². The van der Waals surface area contributed by atoms with E-state index in [0.29, 0.717) is 11.8 Å². The number of benzene rings is 2. The molecule has 1 atom stereocenters. The van der Waals surface area contributed by atoms with Gasteiger partial charge in [0.2, 0.25) is 5.91 Å².